The van der Waals surface area contributed by atoms with E-state index < -0.39 is 46.7 Å². The summed E-state index contributed by atoms with van der Waals surface area (Å²) in [7, 11) is 1.37. The van der Waals surface area contributed by atoms with Crippen LogP contribution in [0.1, 0.15) is 120 Å². The molecule has 5 unspecified atom stereocenters. The maximum Gasteiger partial charge on any atom is 0.410 e. The van der Waals surface area contributed by atoms with Gasteiger partial charge < -0.3 is 24.3 Å². The summed E-state index contributed by atoms with van der Waals surface area (Å²) in [5, 5.41) is 3.25. The molecule has 51 heavy (non-hydrogen) atoms. The normalized spacial score (nSPS) is 38.0. The number of esters is 3. The summed E-state index contributed by atoms with van der Waals surface area (Å²) < 4.78 is 22.5. The van der Waals surface area contributed by atoms with Crippen molar-refractivity contribution < 1.29 is 47.7 Å². The van der Waals surface area contributed by atoms with E-state index in [1.165, 1.54) is 25.9 Å². The minimum absolute atomic E-state index is 0.0201. The van der Waals surface area contributed by atoms with E-state index in [9.17, 15) is 24.0 Å². The second-order valence-electron chi connectivity index (χ2n) is 17.5. The predicted molar refractivity (Wildman–Crippen MR) is 186 cm³/mol. The number of nitrogens with zero attached hydrogens (tertiary/aromatic N) is 1. The molecule has 0 aromatic heterocycles. The van der Waals surface area contributed by atoms with Crippen LogP contribution in [0.3, 0.4) is 0 Å². The van der Waals surface area contributed by atoms with E-state index in [0.29, 0.717) is 51.5 Å². The Bertz CT molecular complexity index is 1390. The van der Waals surface area contributed by atoms with Gasteiger partial charge >= 0.3 is 24.0 Å². The van der Waals surface area contributed by atoms with Crippen LogP contribution in [0.4, 0.5) is 4.79 Å². The van der Waals surface area contributed by atoms with Gasteiger partial charge in [-0.1, -0.05) is 20.8 Å². The molecule has 1 heterocycles. The van der Waals surface area contributed by atoms with Crippen molar-refractivity contribution in [2.75, 3.05) is 13.7 Å². The van der Waals surface area contributed by atoms with Gasteiger partial charge in [-0.3, -0.25) is 28.9 Å². The van der Waals surface area contributed by atoms with Gasteiger partial charge in [0.05, 0.1) is 13.2 Å². The maximum absolute atomic E-state index is 15.4. The topological polar surface area (TPSA) is 155 Å². The number of carbonyl (C=O) groups is 6. The lowest BCUT2D eigenvalue weighted by atomic mass is 9.42. The molecule has 2 amide bonds. The second kappa shape index (κ2) is 14.7. The first-order valence-corrected chi connectivity index (χ1v) is 19.1. The molecule has 0 aromatic carbocycles. The molecule has 286 valence electrons. The highest BCUT2D eigenvalue weighted by atomic mass is 16.6. The van der Waals surface area contributed by atoms with Crippen LogP contribution < -0.4 is 5.32 Å². The third-order valence-electron chi connectivity index (χ3n) is 13.4. The van der Waals surface area contributed by atoms with E-state index >= 15 is 4.79 Å². The van der Waals surface area contributed by atoms with Crippen molar-refractivity contribution in [1.29, 1.82) is 0 Å². The van der Waals surface area contributed by atoms with Crippen LogP contribution in [0.15, 0.2) is 0 Å². The zero-order valence-electron chi connectivity index (χ0n) is 32.1. The van der Waals surface area contributed by atoms with Crippen LogP contribution in [-0.2, 0) is 42.9 Å². The third-order valence-corrected chi connectivity index (χ3v) is 13.4. The number of carbonyl (C=O) groups excluding carboxylic acids is 6. The first-order chi connectivity index (χ1) is 23.8. The zero-order chi connectivity index (χ0) is 37.6. The zero-order valence-corrected chi connectivity index (χ0v) is 32.1. The average Bonchev–Trinajstić information content (AvgIpc) is 3.67. The molecule has 0 radical (unpaired) electrons. The summed E-state index contributed by atoms with van der Waals surface area (Å²) >= 11 is 0. The minimum Gasteiger partial charge on any atom is -0.469 e. The Hall–Kier alpha value is -3.18. The average molecular weight is 717 g/mol. The Kier molecular flexibility index (Phi) is 11.2. The van der Waals surface area contributed by atoms with Crippen molar-refractivity contribution in [3.63, 3.8) is 0 Å². The first-order valence-electron chi connectivity index (χ1n) is 19.1. The summed E-state index contributed by atoms with van der Waals surface area (Å²) in [4.78, 5) is 81.4. The number of amides is 2. The van der Waals surface area contributed by atoms with E-state index in [2.05, 4.69) is 19.2 Å². The minimum atomic E-state index is -0.894. The largest absolute Gasteiger partial charge is 0.469 e. The number of rotatable bonds is 8. The molecule has 0 bridgehead atoms. The van der Waals surface area contributed by atoms with Crippen LogP contribution in [0.2, 0.25) is 0 Å². The monoisotopic (exact) mass is 716 g/mol. The molecule has 4 aliphatic carbocycles. The summed E-state index contributed by atoms with van der Waals surface area (Å²) in [6.45, 7) is 14.9. The van der Waals surface area contributed by atoms with Crippen LogP contribution >= 0.6 is 0 Å². The number of hydrogen-bond donors (Lipinski definition) is 1. The van der Waals surface area contributed by atoms with Gasteiger partial charge in [-0.05, 0) is 114 Å². The molecule has 1 aliphatic heterocycles. The van der Waals surface area contributed by atoms with Gasteiger partial charge in [-0.15, -0.1) is 0 Å². The van der Waals surface area contributed by atoms with E-state index in [1.807, 2.05) is 6.92 Å². The van der Waals surface area contributed by atoms with E-state index in [0.717, 1.165) is 12.8 Å². The highest BCUT2D eigenvalue weighted by Crippen LogP contribution is 2.68. The Morgan fingerprint density at radius 1 is 0.980 bits per heavy atom. The van der Waals surface area contributed by atoms with Gasteiger partial charge in [-0.2, -0.15) is 0 Å². The molecule has 1 N–H and O–H groups in total. The lowest BCUT2D eigenvalue weighted by Crippen LogP contribution is -2.71. The summed E-state index contributed by atoms with van der Waals surface area (Å²) in [6, 6.07) is -1.68. The lowest BCUT2D eigenvalue weighted by Gasteiger charge is -2.64. The molecule has 5 fully saturated rings. The van der Waals surface area contributed by atoms with Gasteiger partial charge in [0.15, 0.2) is 5.78 Å². The van der Waals surface area contributed by atoms with Crippen LogP contribution in [0, 0.1) is 46.3 Å². The molecular weight excluding hydrogens is 656 g/mol. The molecule has 4 saturated carbocycles. The summed E-state index contributed by atoms with van der Waals surface area (Å²) in [6.07, 6.45) is 4.58. The van der Waals surface area contributed by atoms with Crippen molar-refractivity contribution >= 4 is 35.7 Å². The molecule has 12 nitrogen and oxygen atoms in total. The number of fused-ring (bicyclic) bond motifs is 5. The number of ketones is 1. The molecule has 5 rings (SSSR count). The number of ether oxygens (including phenoxy) is 4. The number of nitrogens with one attached hydrogen (secondary N) is 1. The fourth-order valence-electron chi connectivity index (χ4n) is 11.3. The van der Waals surface area contributed by atoms with E-state index in [4.69, 9.17) is 18.9 Å². The van der Waals surface area contributed by atoms with Gasteiger partial charge in [-0.25, -0.2) is 4.79 Å². The van der Waals surface area contributed by atoms with Crippen LogP contribution in [-0.4, -0.2) is 84.1 Å². The summed E-state index contributed by atoms with van der Waals surface area (Å²) in [5.41, 5.74) is -2.02. The van der Waals surface area contributed by atoms with E-state index in [1.54, 1.807) is 20.8 Å². The van der Waals surface area contributed by atoms with Gasteiger partial charge in [0.25, 0.3) is 0 Å². The molecular formula is C39H60N2O10. The highest BCUT2D eigenvalue weighted by Gasteiger charge is 2.70. The number of methoxy groups -OCH3 is 1. The van der Waals surface area contributed by atoms with Gasteiger partial charge in [0.1, 0.15) is 23.9 Å². The van der Waals surface area contributed by atoms with E-state index in [-0.39, 0.29) is 71.7 Å². The smallest absolute Gasteiger partial charge is 0.410 e. The van der Waals surface area contributed by atoms with Crippen molar-refractivity contribution in [1.82, 2.24) is 10.2 Å². The predicted octanol–water partition coefficient (Wildman–Crippen LogP) is 5.38. The van der Waals surface area contributed by atoms with Crippen LogP contribution in [0.5, 0.6) is 0 Å². The standard InChI is InChI=1S/C39H60N2O10/c1-21(12-15-30(44)48-9)26-13-14-27-31-29(50-23(3)43)20-24-19-25(49-22(2)42)16-17-38(24,7)32(31)33(34(45)39(26,27)8)40-35(46)28-11-10-18-41(28)36(47)51-37(4,5)6/h21,24-29,31-33H,10-20H2,1-9H3,(H,40,46)/t21-,24+,25-,26?,27?,28?,29-,31?,32?,33+,38+,39-/m1/s1. The number of hydrogen-bond acceptors (Lipinski definition) is 10. The Labute approximate surface area is 302 Å². The molecule has 0 aromatic rings. The van der Waals surface area contributed by atoms with Crippen molar-refractivity contribution in [3.05, 3.63) is 0 Å². The molecule has 5 aliphatic rings. The SMILES string of the molecule is COC(=O)CC[C@@H](C)C1CCC2C3C([C@H](NC(=O)C4CCCN4C(=O)OC(C)(C)C)C(=O)[C@@]21C)[C@@]1(C)CC[C@@H](OC(C)=O)C[C@H]1C[C@H]3OC(C)=O. The van der Waals surface area contributed by atoms with Gasteiger partial charge in [0, 0.05) is 38.1 Å². The fraction of sp³-hybridized carbons (Fsp3) is 0.846. The Morgan fingerprint density at radius 2 is 1.67 bits per heavy atom. The number of Topliss-reactive ketones (excluding diaryl/α,β-unsaturated/α-hetero) is 1. The second-order valence-corrected chi connectivity index (χ2v) is 17.5. The van der Waals surface area contributed by atoms with Gasteiger partial charge in [0.2, 0.25) is 5.91 Å². The van der Waals surface area contributed by atoms with Crippen molar-refractivity contribution in [2.24, 2.45) is 46.3 Å². The quantitative estimate of drug-likeness (QED) is 0.256. The molecule has 12 atom stereocenters. The fourth-order valence-corrected chi connectivity index (χ4v) is 11.3. The molecule has 0 spiro atoms. The first kappa shape index (κ1) is 39.0. The van der Waals surface area contributed by atoms with Crippen LogP contribution in [0.25, 0.3) is 0 Å². The molecule has 12 heteroatoms. The Balaban J connectivity index is 1.56. The maximum atomic E-state index is 15.4. The highest BCUT2D eigenvalue weighted by molar-refractivity contribution is 5.96. The lowest BCUT2D eigenvalue weighted by molar-refractivity contribution is -0.203. The van der Waals surface area contributed by atoms with Crippen molar-refractivity contribution in [2.45, 2.75) is 149 Å². The summed E-state index contributed by atoms with van der Waals surface area (Å²) in [5.74, 6) is -2.17. The van der Waals surface area contributed by atoms with Crippen molar-refractivity contribution in [3.8, 4) is 0 Å². The number of likely N-dealkylation sites (tertiary alicyclic amines) is 1. The molecule has 1 saturated heterocycles. The Morgan fingerprint density at radius 3 is 2.29 bits per heavy atom. The third kappa shape index (κ3) is 7.52.